The summed E-state index contributed by atoms with van der Waals surface area (Å²) in [5.74, 6) is 1.79. The largest absolute Gasteiger partial charge is 0.494 e. The van der Waals surface area contributed by atoms with Crippen LogP contribution in [0.4, 0.5) is 0 Å². The average Bonchev–Trinajstić information content (AvgIpc) is 2.86. The molecule has 0 aliphatic carbocycles. The van der Waals surface area contributed by atoms with Gasteiger partial charge in [-0.3, -0.25) is 9.59 Å². The summed E-state index contributed by atoms with van der Waals surface area (Å²) in [5.41, 5.74) is 1.14. The van der Waals surface area contributed by atoms with Crippen LogP contribution in [0.15, 0.2) is 78.9 Å². The molecule has 6 nitrogen and oxygen atoms in total. The van der Waals surface area contributed by atoms with Gasteiger partial charge in [0.1, 0.15) is 17.2 Å². The molecular weight excluding hydrogens is 416 g/mol. The normalized spacial score (nSPS) is 13.9. The van der Waals surface area contributed by atoms with Crippen molar-refractivity contribution in [2.24, 2.45) is 0 Å². The molecule has 170 valence electrons. The Labute approximate surface area is 194 Å². The number of carbonyl (C=O) groups is 2. The fraction of sp³-hybridized carbons (Fsp3) is 0.259. The van der Waals surface area contributed by atoms with Crippen LogP contribution < -0.4 is 14.8 Å². The zero-order chi connectivity index (χ0) is 23.0. The number of carbonyl (C=O) groups excluding carboxylic acids is 2. The number of hydrogen-bond donors (Lipinski definition) is 1. The maximum absolute atomic E-state index is 13.0. The molecule has 0 radical (unpaired) electrons. The van der Waals surface area contributed by atoms with E-state index in [1.165, 1.54) is 0 Å². The molecule has 2 amide bonds. The van der Waals surface area contributed by atoms with E-state index in [1.54, 1.807) is 24.3 Å². The molecule has 1 heterocycles. The van der Waals surface area contributed by atoms with Gasteiger partial charge in [0, 0.05) is 24.7 Å². The number of likely N-dealkylation sites (tertiary alicyclic amines) is 1. The van der Waals surface area contributed by atoms with Crippen molar-refractivity contribution in [3.63, 3.8) is 0 Å². The van der Waals surface area contributed by atoms with Gasteiger partial charge in [0.25, 0.3) is 11.8 Å². The molecule has 4 rings (SSSR count). The highest BCUT2D eigenvalue weighted by Crippen LogP contribution is 2.25. The second kappa shape index (κ2) is 10.7. The Bertz CT molecular complexity index is 1070. The van der Waals surface area contributed by atoms with Crippen LogP contribution in [0.3, 0.4) is 0 Å². The second-order valence-electron chi connectivity index (χ2n) is 7.91. The lowest BCUT2D eigenvalue weighted by Gasteiger charge is -2.32. The van der Waals surface area contributed by atoms with E-state index in [4.69, 9.17) is 9.47 Å². The van der Waals surface area contributed by atoms with Crippen molar-refractivity contribution in [3.8, 4) is 17.2 Å². The van der Waals surface area contributed by atoms with Gasteiger partial charge in [-0.05, 0) is 68.3 Å². The molecule has 0 saturated carbocycles. The summed E-state index contributed by atoms with van der Waals surface area (Å²) in [6, 6.07) is 23.9. The Morgan fingerprint density at radius 3 is 2.24 bits per heavy atom. The Morgan fingerprint density at radius 1 is 0.879 bits per heavy atom. The van der Waals surface area contributed by atoms with Gasteiger partial charge in [-0.1, -0.05) is 30.3 Å². The van der Waals surface area contributed by atoms with Crippen molar-refractivity contribution in [1.29, 1.82) is 0 Å². The third-order valence-corrected chi connectivity index (χ3v) is 5.63. The van der Waals surface area contributed by atoms with E-state index in [1.807, 2.05) is 66.4 Å². The maximum atomic E-state index is 13.0. The number of rotatable bonds is 7. The Hall–Kier alpha value is -3.80. The van der Waals surface area contributed by atoms with Crippen molar-refractivity contribution >= 4 is 11.8 Å². The van der Waals surface area contributed by atoms with E-state index >= 15 is 0 Å². The van der Waals surface area contributed by atoms with E-state index in [0.717, 1.165) is 5.75 Å². The van der Waals surface area contributed by atoms with E-state index in [2.05, 4.69) is 5.32 Å². The zero-order valence-electron chi connectivity index (χ0n) is 18.7. The number of para-hydroxylation sites is 2. The molecule has 1 N–H and O–H groups in total. The quantitative estimate of drug-likeness (QED) is 0.562. The molecule has 0 atom stereocenters. The summed E-state index contributed by atoms with van der Waals surface area (Å²) in [6.45, 7) is 3.71. The predicted octanol–water partition coefficient (Wildman–Crippen LogP) is 4.91. The van der Waals surface area contributed by atoms with Gasteiger partial charge in [0.05, 0.1) is 12.2 Å². The highest BCUT2D eigenvalue weighted by atomic mass is 16.5. The molecule has 0 bridgehead atoms. The maximum Gasteiger partial charge on any atom is 0.255 e. The summed E-state index contributed by atoms with van der Waals surface area (Å²) >= 11 is 0. The van der Waals surface area contributed by atoms with Crippen LogP contribution in [-0.4, -0.2) is 42.5 Å². The fourth-order valence-corrected chi connectivity index (χ4v) is 3.89. The Balaban J connectivity index is 1.33. The summed E-state index contributed by atoms with van der Waals surface area (Å²) in [7, 11) is 0. The molecule has 0 spiro atoms. The lowest BCUT2D eigenvalue weighted by molar-refractivity contribution is 0.0698. The summed E-state index contributed by atoms with van der Waals surface area (Å²) in [5, 5.41) is 3.11. The minimum absolute atomic E-state index is 0.00410. The Morgan fingerprint density at radius 2 is 1.55 bits per heavy atom. The van der Waals surface area contributed by atoms with Gasteiger partial charge >= 0.3 is 0 Å². The van der Waals surface area contributed by atoms with Gasteiger partial charge in [-0.2, -0.15) is 0 Å². The van der Waals surface area contributed by atoms with Gasteiger partial charge in [0.15, 0.2) is 0 Å². The number of nitrogens with zero attached hydrogens (tertiary/aromatic N) is 1. The van der Waals surface area contributed by atoms with Crippen molar-refractivity contribution in [1.82, 2.24) is 10.2 Å². The first kappa shape index (κ1) is 22.4. The second-order valence-corrected chi connectivity index (χ2v) is 7.91. The molecule has 3 aromatic carbocycles. The number of amides is 2. The topological polar surface area (TPSA) is 67.9 Å². The SMILES string of the molecule is CCOc1ccc(C(=O)N2CCC(NC(=O)c3ccccc3Oc3ccccc3)CC2)cc1. The van der Waals surface area contributed by atoms with E-state index < -0.39 is 0 Å². The first-order valence-electron chi connectivity index (χ1n) is 11.3. The lowest BCUT2D eigenvalue weighted by Crippen LogP contribution is -2.46. The monoisotopic (exact) mass is 444 g/mol. The summed E-state index contributed by atoms with van der Waals surface area (Å²) in [6.07, 6.45) is 1.41. The van der Waals surface area contributed by atoms with Crippen molar-refractivity contribution < 1.29 is 19.1 Å². The molecule has 0 aromatic heterocycles. The van der Waals surface area contributed by atoms with Crippen LogP contribution in [0.2, 0.25) is 0 Å². The van der Waals surface area contributed by atoms with Crippen molar-refractivity contribution in [2.75, 3.05) is 19.7 Å². The molecule has 1 aliphatic rings. The van der Waals surface area contributed by atoms with Gasteiger partial charge in [-0.15, -0.1) is 0 Å². The molecule has 0 unspecified atom stereocenters. The van der Waals surface area contributed by atoms with Crippen LogP contribution in [-0.2, 0) is 0 Å². The molecular formula is C27H28N2O4. The third kappa shape index (κ3) is 5.71. The number of nitrogens with one attached hydrogen (secondary N) is 1. The van der Waals surface area contributed by atoms with Gasteiger partial charge < -0.3 is 19.7 Å². The van der Waals surface area contributed by atoms with E-state index in [0.29, 0.717) is 55.2 Å². The minimum atomic E-state index is -0.169. The van der Waals surface area contributed by atoms with Crippen LogP contribution >= 0.6 is 0 Å². The molecule has 1 fully saturated rings. The minimum Gasteiger partial charge on any atom is -0.494 e. The third-order valence-electron chi connectivity index (χ3n) is 5.63. The van der Waals surface area contributed by atoms with Crippen LogP contribution in [0, 0.1) is 0 Å². The van der Waals surface area contributed by atoms with Crippen LogP contribution in [0.25, 0.3) is 0 Å². The Kier molecular flexibility index (Phi) is 7.25. The summed E-state index contributed by atoms with van der Waals surface area (Å²) < 4.78 is 11.4. The number of benzene rings is 3. The van der Waals surface area contributed by atoms with Gasteiger partial charge in [0.2, 0.25) is 0 Å². The van der Waals surface area contributed by atoms with E-state index in [9.17, 15) is 9.59 Å². The predicted molar refractivity (Wildman–Crippen MR) is 127 cm³/mol. The zero-order valence-corrected chi connectivity index (χ0v) is 18.7. The number of ether oxygens (including phenoxy) is 2. The number of hydrogen-bond acceptors (Lipinski definition) is 4. The first-order valence-corrected chi connectivity index (χ1v) is 11.3. The molecule has 1 aliphatic heterocycles. The van der Waals surface area contributed by atoms with Crippen molar-refractivity contribution in [2.45, 2.75) is 25.8 Å². The van der Waals surface area contributed by atoms with Crippen LogP contribution in [0.1, 0.15) is 40.5 Å². The summed E-state index contributed by atoms with van der Waals surface area (Å²) in [4.78, 5) is 27.6. The molecule has 3 aromatic rings. The average molecular weight is 445 g/mol. The fourth-order valence-electron chi connectivity index (χ4n) is 3.89. The van der Waals surface area contributed by atoms with E-state index in [-0.39, 0.29) is 17.9 Å². The smallest absolute Gasteiger partial charge is 0.255 e. The molecule has 33 heavy (non-hydrogen) atoms. The highest BCUT2D eigenvalue weighted by molar-refractivity contribution is 5.97. The molecule has 6 heteroatoms. The first-order chi connectivity index (χ1) is 16.1. The van der Waals surface area contributed by atoms with Crippen LogP contribution in [0.5, 0.6) is 17.2 Å². The standard InChI is InChI=1S/C27H28N2O4/c1-2-32-22-14-12-20(13-15-22)27(31)29-18-16-21(17-19-29)28-26(30)24-10-6-7-11-25(24)33-23-8-4-3-5-9-23/h3-15,21H,2,16-19H2,1H3,(H,28,30). The number of piperidine rings is 1. The van der Waals surface area contributed by atoms with Crippen molar-refractivity contribution in [3.05, 3.63) is 90.0 Å². The van der Waals surface area contributed by atoms with Gasteiger partial charge in [-0.25, -0.2) is 0 Å². The lowest BCUT2D eigenvalue weighted by atomic mass is 10.0. The highest BCUT2D eigenvalue weighted by Gasteiger charge is 2.25. The molecule has 1 saturated heterocycles.